The Balaban J connectivity index is 2.03. The lowest BCUT2D eigenvalue weighted by Gasteiger charge is -2.19. The summed E-state index contributed by atoms with van der Waals surface area (Å²) in [4.78, 5) is 4.24. The maximum atomic E-state index is 12.9. The van der Waals surface area contributed by atoms with Gasteiger partial charge in [-0.2, -0.15) is 4.72 Å². The topological polar surface area (TPSA) is 73.2 Å². The molecule has 1 atom stereocenters. The summed E-state index contributed by atoms with van der Waals surface area (Å²) in [6, 6.07) is 7.70. The molecule has 0 aliphatic heterocycles. The SMILES string of the molecule is COc1ccc(C(NS(=O)(=O)c2cc(Cl)sc2Cl)c2nccn2C)cc1. The van der Waals surface area contributed by atoms with E-state index >= 15 is 0 Å². The zero-order chi connectivity index (χ0) is 18.9. The predicted molar refractivity (Wildman–Crippen MR) is 103 cm³/mol. The van der Waals surface area contributed by atoms with E-state index < -0.39 is 16.1 Å². The molecule has 1 N–H and O–H groups in total. The van der Waals surface area contributed by atoms with Crippen LogP contribution in [0.15, 0.2) is 47.6 Å². The number of nitrogens with zero attached hydrogens (tertiary/aromatic N) is 2. The van der Waals surface area contributed by atoms with Gasteiger partial charge in [-0.25, -0.2) is 13.4 Å². The summed E-state index contributed by atoms with van der Waals surface area (Å²) >= 11 is 12.9. The van der Waals surface area contributed by atoms with Crippen molar-refractivity contribution in [1.82, 2.24) is 14.3 Å². The molecule has 2 aromatic heterocycles. The van der Waals surface area contributed by atoms with Crippen LogP contribution >= 0.6 is 34.5 Å². The van der Waals surface area contributed by atoms with Crippen LogP contribution in [-0.2, 0) is 17.1 Å². The molecule has 0 amide bonds. The number of sulfonamides is 1. The van der Waals surface area contributed by atoms with Gasteiger partial charge in [-0.3, -0.25) is 0 Å². The Morgan fingerprint density at radius 1 is 1.27 bits per heavy atom. The number of hydrogen-bond donors (Lipinski definition) is 1. The minimum absolute atomic E-state index is 0.0538. The number of thiophene rings is 1. The fraction of sp³-hybridized carbons (Fsp3) is 0.188. The third-order valence-electron chi connectivity index (χ3n) is 3.75. The third kappa shape index (κ3) is 3.89. The van der Waals surface area contributed by atoms with Gasteiger partial charge in [0, 0.05) is 19.4 Å². The first-order valence-corrected chi connectivity index (χ1v) is 10.5. The average molecular weight is 432 g/mol. The van der Waals surface area contributed by atoms with Crippen molar-refractivity contribution in [3.63, 3.8) is 0 Å². The molecule has 0 aliphatic carbocycles. The van der Waals surface area contributed by atoms with E-state index in [0.717, 1.165) is 11.3 Å². The van der Waals surface area contributed by atoms with Crippen molar-refractivity contribution in [1.29, 1.82) is 0 Å². The molecule has 0 saturated heterocycles. The number of aromatic nitrogens is 2. The van der Waals surface area contributed by atoms with E-state index in [0.29, 0.717) is 21.5 Å². The van der Waals surface area contributed by atoms with E-state index in [1.54, 1.807) is 55.4 Å². The highest BCUT2D eigenvalue weighted by Crippen LogP contribution is 2.35. The number of aryl methyl sites for hydroxylation is 1. The van der Waals surface area contributed by atoms with E-state index in [1.165, 1.54) is 6.07 Å². The van der Waals surface area contributed by atoms with Gasteiger partial charge >= 0.3 is 0 Å². The van der Waals surface area contributed by atoms with Crippen molar-refractivity contribution in [2.45, 2.75) is 10.9 Å². The first-order chi connectivity index (χ1) is 12.3. The molecule has 0 fully saturated rings. The van der Waals surface area contributed by atoms with Gasteiger partial charge in [0.1, 0.15) is 26.8 Å². The second kappa shape index (κ2) is 7.58. The molecule has 26 heavy (non-hydrogen) atoms. The summed E-state index contributed by atoms with van der Waals surface area (Å²) in [7, 11) is -0.558. The Labute approximate surface area is 165 Å². The first kappa shape index (κ1) is 19.2. The van der Waals surface area contributed by atoms with Gasteiger partial charge in [0.25, 0.3) is 0 Å². The van der Waals surface area contributed by atoms with Crippen LogP contribution < -0.4 is 9.46 Å². The lowest BCUT2D eigenvalue weighted by atomic mass is 10.1. The van der Waals surface area contributed by atoms with E-state index in [2.05, 4.69) is 9.71 Å². The fourth-order valence-corrected chi connectivity index (χ4v) is 5.78. The van der Waals surface area contributed by atoms with Crippen LogP contribution in [0.5, 0.6) is 5.75 Å². The zero-order valence-electron chi connectivity index (χ0n) is 13.8. The molecule has 1 aromatic carbocycles. The first-order valence-electron chi connectivity index (χ1n) is 7.40. The fourth-order valence-electron chi connectivity index (χ4n) is 2.45. The molecule has 2 heterocycles. The van der Waals surface area contributed by atoms with Gasteiger partial charge in [0.05, 0.1) is 11.4 Å². The molecular formula is C16H15Cl2N3O3S2. The predicted octanol–water partition coefficient (Wildman–Crippen LogP) is 3.86. The number of imidazole rings is 1. The quantitative estimate of drug-likeness (QED) is 0.642. The summed E-state index contributed by atoms with van der Waals surface area (Å²) in [6.45, 7) is 0. The number of rotatable bonds is 6. The molecule has 1 unspecified atom stereocenters. The van der Waals surface area contributed by atoms with Crippen LogP contribution in [0.2, 0.25) is 8.67 Å². The Morgan fingerprint density at radius 3 is 2.46 bits per heavy atom. The van der Waals surface area contributed by atoms with Gasteiger partial charge in [-0.05, 0) is 23.8 Å². The van der Waals surface area contributed by atoms with Crippen molar-refractivity contribution in [3.8, 4) is 5.75 Å². The van der Waals surface area contributed by atoms with Crippen LogP contribution in [0.3, 0.4) is 0 Å². The van der Waals surface area contributed by atoms with Gasteiger partial charge in [-0.15, -0.1) is 11.3 Å². The average Bonchev–Trinajstić information content (AvgIpc) is 3.18. The van der Waals surface area contributed by atoms with Crippen LogP contribution in [0.25, 0.3) is 0 Å². The summed E-state index contributed by atoms with van der Waals surface area (Å²) in [6.07, 6.45) is 3.35. The maximum absolute atomic E-state index is 12.9. The van der Waals surface area contributed by atoms with Crippen molar-refractivity contribution >= 4 is 44.6 Å². The molecule has 3 rings (SSSR count). The largest absolute Gasteiger partial charge is 0.497 e. The van der Waals surface area contributed by atoms with Crippen molar-refractivity contribution in [2.24, 2.45) is 7.05 Å². The number of hydrogen-bond acceptors (Lipinski definition) is 5. The maximum Gasteiger partial charge on any atom is 0.243 e. The minimum Gasteiger partial charge on any atom is -0.497 e. The summed E-state index contributed by atoms with van der Waals surface area (Å²) in [5, 5.41) is 0. The molecular weight excluding hydrogens is 417 g/mol. The minimum atomic E-state index is -3.92. The Bertz CT molecular complexity index is 1010. The monoisotopic (exact) mass is 431 g/mol. The van der Waals surface area contributed by atoms with Crippen LogP contribution in [0.1, 0.15) is 17.4 Å². The smallest absolute Gasteiger partial charge is 0.243 e. The van der Waals surface area contributed by atoms with E-state index in [9.17, 15) is 8.42 Å². The number of benzene rings is 1. The molecule has 0 bridgehead atoms. The Kier molecular flexibility index (Phi) is 5.59. The zero-order valence-corrected chi connectivity index (χ0v) is 17.0. The number of ether oxygens (including phenoxy) is 1. The number of halogens is 2. The second-order valence-corrected chi connectivity index (χ2v) is 9.38. The molecule has 0 saturated carbocycles. The summed E-state index contributed by atoms with van der Waals surface area (Å²) in [5.74, 6) is 1.21. The molecule has 0 spiro atoms. The Morgan fingerprint density at radius 2 is 1.96 bits per heavy atom. The highest BCUT2D eigenvalue weighted by molar-refractivity contribution is 7.89. The molecule has 0 radical (unpaired) electrons. The molecule has 6 nitrogen and oxygen atoms in total. The number of nitrogens with one attached hydrogen (secondary N) is 1. The van der Waals surface area contributed by atoms with E-state index in [1.807, 2.05) is 0 Å². The van der Waals surface area contributed by atoms with Crippen LogP contribution in [0, 0.1) is 0 Å². The second-order valence-electron chi connectivity index (χ2n) is 5.41. The standard InChI is InChI=1S/C16H15Cl2N3O3S2/c1-21-8-7-19-16(21)14(10-3-5-11(24-2)6-4-10)20-26(22,23)12-9-13(17)25-15(12)18/h3-9,14,20H,1-2H3. The third-order valence-corrected chi connectivity index (χ3v) is 6.93. The lowest BCUT2D eigenvalue weighted by Crippen LogP contribution is -2.31. The van der Waals surface area contributed by atoms with Crippen LogP contribution in [0.4, 0.5) is 0 Å². The normalized spacial score (nSPS) is 12.9. The van der Waals surface area contributed by atoms with Gasteiger partial charge < -0.3 is 9.30 Å². The van der Waals surface area contributed by atoms with E-state index in [4.69, 9.17) is 27.9 Å². The molecule has 138 valence electrons. The Hall–Kier alpha value is -1.58. The van der Waals surface area contributed by atoms with Crippen LogP contribution in [-0.4, -0.2) is 25.1 Å². The van der Waals surface area contributed by atoms with Crippen molar-refractivity contribution < 1.29 is 13.2 Å². The lowest BCUT2D eigenvalue weighted by molar-refractivity contribution is 0.414. The van der Waals surface area contributed by atoms with E-state index in [-0.39, 0.29) is 9.23 Å². The van der Waals surface area contributed by atoms with Crippen molar-refractivity contribution in [2.75, 3.05) is 7.11 Å². The highest BCUT2D eigenvalue weighted by Gasteiger charge is 2.28. The number of methoxy groups -OCH3 is 1. The highest BCUT2D eigenvalue weighted by atomic mass is 35.5. The van der Waals surface area contributed by atoms with Gasteiger partial charge in [-0.1, -0.05) is 35.3 Å². The molecule has 0 aliphatic rings. The summed E-state index contributed by atoms with van der Waals surface area (Å²) in [5.41, 5.74) is 0.709. The van der Waals surface area contributed by atoms with Gasteiger partial charge in [0.2, 0.25) is 10.0 Å². The summed E-state index contributed by atoms with van der Waals surface area (Å²) < 4.78 is 35.7. The van der Waals surface area contributed by atoms with Gasteiger partial charge in [0.15, 0.2) is 0 Å². The molecule has 3 aromatic rings. The van der Waals surface area contributed by atoms with Crippen molar-refractivity contribution in [3.05, 3.63) is 62.8 Å². The molecule has 10 heteroatoms.